The van der Waals surface area contributed by atoms with E-state index in [1.54, 1.807) is 37.3 Å². The van der Waals surface area contributed by atoms with Crippen LogP contribution >= 0.6 is 0 Å². The highest BCUT2D eigenvalue weighted by Crippen LogP contribution is 2.29. The average molecular weight is 536 g/mol. The van der Waals surface area contributed by atoms with Crippen LogP contribution in [0.15, 0.2) is 83.8 Å². The van der Waals surface area contributed by atoms with Crippen LogP contribution in [0.2, 0.25) is 0 Å². The first-order valence-corrected chi connectivity index (χ1v) is 14.0. The highest BCUT2D eigenvalue weighted by molar-refractivity contribution is 7.92. The zero-order chi connectivity index (χ0) is 28.1. The molecule has 0 aliphatic rings. The van der Waals surface area contributed by atoms with Gasteiger partial charge >= 0.3 is 0 Å². The van der Waals surface area contributed by atoms with E-state index in [2.05, 4.69) is 5.32 Å². The molecular weight excluding hydrogens is 498 g/mol. The summed E-state index contributed by atoms with van der Waals surface area (Å²) >= 11 is 0. The molecule has 0 aliphatic carbocycles. The van der Waals surface area contributed by atoms with Gasteiger partial charge in [0.15, 0.2) is 0 Å². The lowest BCUT2D eigenvalue weighted by Gasteiger charge is -2.34. The van der Waals surface area contributed by atoms with Crippen LogP contribution < -0.4 is 9.62 Å². The van der Waals surface area contributed by atoms with Gasteiger partial charge in [0.05, 0.1) is 10.6 Å². The Bertz CT molecular complexity index is 1370. The SMILES string of the molecule is Cc1cccc(N(CC(=O)N(Cc2ccccc2)[C@@H](C)C(=O)NC(C)(C)C)S(=O)(=O)c2ccccc2)c1C. The Labute approximate surface area is 226 Å². The number of carbonyl (C=O) groups excluding carboxylic acids is 2. The fraction of sp³-hybridized carbons (Fsp3) is 0.333. The van der Waals surface area contributed by atoms with E-state index in [4.69, 9.17) is 0 Å². The maximum atomic E-state index is 14.0. The van der Waals surface area contributed by atoms with Crippen molar-refractivity contribution in [2.45, 2.75) is 64.6 Å². The van der Waals surface area contributed by atoms with E-state index in [9.17, 15) is 18.0 Å². The Morgan fingerprint density at radius 3 is 2.03 bits per heavy atom. The van der Waals surface area contributed by atoms with Crippen LogP contribution in [0.5, 0.6) is 0 Å². The highest BCUT2D eigenvalue weighted by atomic mass is 32.2. The molecule has 7 nitrogen and oxygen atoms in total. The minimum Gasteiger partial charge on any atom is -0.350 e. The Balaban J connectivity index is 2.06. The number of aryl methyl sites for hydroxylation is 1. The molecule has 0 aromatic heterocycles. The number of hydrogen-bond donors (Lipinski definition) is 1. The summed E-state index contributed by atoms with van der Waals surface area (Å²) in [6.45, 7) is 10.7. The Kier molecular flexibility index (Phi) is 8.99. The van der Waals surface area contributed by atoms with Gasteiger partial charge in [-0.05, 0) is 76.4 Å². The molecule has 0 spiro atoms. The number of benzene rings is 3. The van der Waals surface area contributed by atoms with E-state index in [1.807, 2.05) is 71.0 Å². The van der Waals surface area contributed by atoms with Crippen molar-refractivity contribution in [3.63, 3.8) is 0 Å². The third-order valence-corrected chi connectivity index (χ3v) is 8.09. The first kappa shape index (κ1) is 28.9. The third kappa shape index (κ3) is 7.01. The molecule has 1 atom stereocenters. The molecule has 0 radical (unpaired) electrons. The van der Waals surface area contributed by atoms with Crippen LogP contribution in [0, 0.1) is 13.8 Å². The van der Waals surface area contributed by atoms with E-state index >= 15 is 0 Å². The second-order valence-corrected chi connectivity index (χ2v) is 12.3. The van der Waals surface area contributed by atoms with Gasteiger partial charge in [0, 0.05) is 12.1 Å². The lowest BCUT2D eigenvalue weighted by molar-refractivity contribution is -0.140. The Morgan fingerprint density at radius 1 is 0.868 bits per heavy atom. The number of anilines is 1. The summed E-state index contributed by atoms with van der Waals surface area (Å²) in [5.41, 5.74) is 2.43. The second kappa shape index (κ2) is 11.8. The van der Waals surface area contributed by atoms with Gasteiger partial charge in [-0.1, -0.05) is 60.7 Å². The van der Waals surface area contributed by atoms with Crippen molar-refractivity contribution in [2.75, 3.05) is 10.8 Å². The second-order valence-electron chi connectivity index (χ2n) is 10.5. The molecule has 2 amide bonds. The van der Waals surface area contributed by atoms with Crippen molar-refractivity contribution in [1.82, 2.24) is 10.2 Å². The highest BCUT2D eigenvalue weighted by Gasteiger charge is 2.33. The third-order valence-electron chi connectivity index (χ3n) is 6.32. The summed E-state index contributed by atoms with van der Waals surface area (Å²) in [6.07, 6.45) is 0. The van der Waals surface area contributed by atoms with Crippen molar-refractivity contribution < 1.29 is 18.0 Å². The molecule has 38 heavy (non-hydrogen) atoms. The molecule has 0 saturated heterocycles. The van der Waals surface area contributed by atoms with E-state index in [1.165, 1.54) is 17.0 Å². The lowest BCUT2D eigenvalue weighted by atomic mass is 10.1. The number of nitrogens with one attached hydrogen (secondary N) is 1. The Morgan fingerprint density at radius 2 is 1.45 bits per heavy atom. The zero-order valence-electron chi connectivity index (χ0n) is 22.9. The molecule has 202 valence electrons. The number of rotatable bonds is 9. The van der Waals surface area contributed by atoms with Crippen LogP contribution in [-0.2, 0) is 26.2 Å². The number of carbonyl (C=O) groups is 2. The van der Waals surface area contributed by atoms with Gasteiger partial charge < -0.3 is 10.2 Å². The summed E-state index contributed by atoms with van der Waals surface area (Å²) in [5, 5.41) is 2.93. The summed E-state index contributed by atoms with van der Waals surface area (Å²) in [7, 11) is -4.08. The summed E-state index contributed by atoms with van der Waals surface area (Å²) in [4.78, 5) is 28.6. The number of nitrogens with zero attached hydrogens (tertiary/aromatic N) is 2. The summed E-state index contributed by atoms with van der Waals surface area (Å²) in [6, 6.07) is 21.9. The van der Waals surface area contributed by atoms with Gasteiger partial charge in [-0.3, -0.25) is 13.9 Å². The maximum Gasteiger partial charge on any atom is 0.264 e. The molecule has 3 aromatic rings. The number of amides is 2. The molecule has 0 aliphatic heterocycles. The van der Waals surface area contributed by atoms with Gasteiger partial charge in [0.2, 0.25) is 11.8 Å². The van der Waals surface area contributed by atoms with Gasteiger partial charge in [0.1, 0.15) is 12.6 Å². The van der Waals surface area contributed by atoms with Crippen molar-refractivity contribution in [3.05, 3.63) is 95.6 Å². The smallest absolute Gasteiger partial charge is 0.264 e. The van der Waals surface area contributed by atoms with Crippen LogP contribution in [0.4, 0.5) is 5.69 Å². The minimum absolute atomic E-state index is 0.0850. The topological polar surface area (TPSA) is 86.8 Å². The van der Waals surface area contributed by atoms with Crippen molar-refractivity contribution in [2.24, 2.45) is 0 Å². The van der Waals surface area contributed by atoms with Gasteiger partial charge in [0.25, 0.3) is 10.0 Å². The molecule has 0 heterocycles. The lowest BCUT2D eigenvalue weighted by Crippen LogP contribution is -2.54. The maximum absolute atomic E-state index is 14.0. The standard InChI is InChI=1S/C30H37N3O4S/c1-22-14-13-19-27(23(22)2)33(38(36,37)26-17-11-8-12-18-26)21-28(34)32(20-25-15-9-7-10-16-25)24(3)29(35)31-30(4,5)6/h7-19,24H,20-21H2,1-6H3,(H,31,35)/t24-/m0/s1. The predicted molar refractivity (Wildman–Crippen MR) is 151 cm³/mol. The first-order chi connectivity index (χ1) is 17.8. The number of sulfonamides is 1. The van der Waals surface area contributed by atoms with Crippen LogP contribution in [0.3, 0.4) is 0 Å². The van der Waals surface area contributed by atoms with E-state index in [0.717, 1.165) is 21.0 Å². The largest absolute Gasteiger partial charge is 0.350 e. The molecule has 1 N–H and O–H groups in total. The van der Waals surface area contributed by atoms with E-state index < -0.39 is 34.1 Å². The normalized spacial score (nSPS) is 12.5. The van der Waals surface area contributed by atoms with E-state index in [0.29, 0.717) is 5.69 Å². The monoisotopic (exact) mass is 535 g/mol. The molecule has 0 bridgehead atoms. The quantitative estimate of drug-likeness (QED) is 0.425. The van der Waals surface area contributed by atoms with Gasteiger partial charge in [-0.2, -0.15) is 0 Å². The van der Waals surface area contributed by atoms with Crippen LogP contribution in [-0.4, -0.2) is 43.3 Å². The minimum atomic E-state index is -4.08. The summed E-state index contributed by atoms with van der Waals surface area (Å²) in [5.74, 6) is -0.795. The van der Waals surface area contributed by atoms with Crippen LogP contribution in [0.1, 0.15) is 44.4 Å². The van der Waals surface area contributed by atoms with Gasteiger partial charge in [-0.25, -0.2) is 8.42 Å². The zero-order valence-corrected chi connectivity index (χ0v) is 23.7. The predicted octanol–water partition coefficient (Wildman–Crippen LogP) is 4.83. The van der Waals surface area contributed by atoms with Crippen LogP contribution in [0.25, 0.3) is 0 Å². The fourth-order valence-electron chi connectivity index (χ4n) is 4.08. The molecule has 0 fully saturated rings. The molecule has 0 unspecified atom stereocenters. The molecule has 3 aromatic carbocycles. The van der Waals surface area contributed by atoms with Crippen molar-refractivity contribution >= 4 is 27.5 Å². The van der Waals surface area contributed by atoms with Crippen molar-refractivity contribution in [1.29, 1.82) is 0 Å². The molecule has 8 heteroatoms. The van der Waals surface area contributed by atoms with E-state index in [-0.39, 0.29) is 17.3 Å². The fourth-order valence-corrected chi connectivity index (χ4v) is 5.57. The van der Waals surface area contributed by atoms with Gasteiger partial charge in [-0.15, -0.1) is 0 Å². The molecule has 0 saturated carbocycles. The molecular formula is C30H37N3O4S. The molecule has 3 rings (SSSR count). The number of hydrogen-bond acceptors (Lipinski definition) is 4. The summed E-state index contributed by atoms with van der Waals surface area (Å²) < 4.78 is 28.9. The first-order valence-electron chi connectivity index (χ1n) is 12.6. The average Bonchev–Trinajstić information content (AvgIpc) is 2.87. The Hall–Kier alpha value is -3.65. The van der Waals surface area contributed by atoms with Crippen molar-refractivity contribution in [3.8, 4) is 0 Å².